The van der Waals surface area contributed by atoms with Gasteiger partial charge < -0.3 is 10.2 Å². The molecule has 1 atom stereocenters. The third-order valence-electron chi connectivity index (χ3n) is 4.85. The van der Waals surface area contributed by atoms with Crippen molar-refractivity contribution < 1.29 is 14.0 Å². The van der Waals surface area contributed by atoms with Crippen LogP contribution in [0.4, 0.5) is 4.39 Å². The normalized spacial score (nSPS) is 15.2. The Labute approximate surface area is 158 Å². The molecule has 0 aliphatic carbocycles. The maximum Gasteiger partial charge on any atom is 0.241 e. The number of likely N-dealkylation sites (tertiary alicyclic amines) is 1. The van der Waals surface area contributed by atoms with Crippen molar-refractivity contribution in [3.8, 4) is 0 Å². The van der Waals surface area contributed by atoms with Crippen LogP contribution in [0, 0.1) is 5.82 Å². The third-order valence-corrected chi connectivity index (χ3v) is 4.85. The average molecular weight is 369 g/mol. The fraction of sp³-hybridized carbons (Fsp3) is 0.381. The molecule has 0 bridgehead atoms. The predicted octanol–water partition coefficient (Wildman–Crippen LogP) is 2.68. The van der Waals surface area contributed by atoms with Crippen LogP contribution in [0.5, 0.6) is 0 Å². The topological polar surface area (TPSA) is 62.3 Å². The highest BCUT2D eigenvalue weighted by molar-refractivity contribution is 5.88. The number of hydrogen-bond acceptors (Lipinski definition) is 3. The van der Waals surface area contributed by atoms with E-state index in [1.807, 2.05) is 18.2 Å². The van der Waals surface area contributed by atoms with Crippen LogP contribution in [0.2, 0.25) is 0 Å². The van der Waals surface area contributed by atoms with Crippen molar-refractivity contribution in [1.29, 1.82) is 0 Å². The monoisotopic (exact) mass is 369 g/mol. The van der Waals surface area contributed by atoms with Gasteiger partial charge >= 0.3 is 0 Å². The molecule has 1 aromatic carbocycles. The summed E-state index contributed by atoms with van der Waals surface area (Å²) >= 11 is 0. The molecule has 3 rings (SSSR count). The summed E-state index contributed by atoms with van der Waals surface area (Å²) in [6, 6.07) is 11.4. The Morgan fingerprint density at radius 2 is 1.81 bits per heavy atom. The summed E-state index contributed by atoms with van der Waals surface area (Å²) in [7, 11) is 0. The SMILES string of the molecule is O=C(NCC(=O)N1CCCCC1)C(Cc1ccccn1)c1ccc(F)cc1. The Hall–Kier alpha value is -2.76. The van der Waals surface area contributed by atoms with E-state index in [2.05, 4.69) is 10.3 Å². The molecule has 0 radical (unpaired) electrons. The molecule has 1 aliphatic heterocycles. The maximum absolute atomic E-state index is 13.3. The zero-order chi connectivity index (χ0) is 19.1. The number of pyridine rings is 1. The summed E-state index contributed by atoms with van der Waals surface area (Å²) < 4.78 is 13.3. The van der Waals surface area contributed by atoms with Crippen molar-refractivity contribution in [3.05, 3.63) is 65.7 Å². The van der Waals surface area contributed by atoms with E-state index in [9.17, 15) is 14.0 Å². The molecule has 2 heterocycles. The largest absolute Gasteiger partial charge is 0.346 e. The highest BCUT2D eigenvalue weighted by Gasteiger charge is 2.24. The summed E-state index contributed by atoms with van der Waals surface area (Å²) in [6.45, 7) is 1.49. The van der Waals surface area contributed by atoms with Crippen molar-refractivity contribution >= 4 is 11.8 Å². The lowest BCUT2D eigenvalue weighted by Crippen LogP contribution is -2.43. The van der Waals surface area contributed by atoms with E-state index in [-0.39, 0.29) is 24.2 Å². The van der Waals surface area contributed by atoms with Gasteiger partial charge in [-0.15, -0.1) is 0 Å². The molecule has 1 aromatic heterocycles. The van der Waals surface area contributed by atoms with E-state index in [1.54, 1.807) is 23.2 Å². The molecular formula is C21H24FN3O2. The molecule has 1 aliphatic rings. The number of carbonyl (C=O) groups excluding carboxylic acids is 2. The van der Waals surface area contributed by atoms with Gasteiger partial charge in [0.05, 0.1) is 12.5 Å². The van der Waals surface area contributed by atoms with Crippen molar-refractivity contribution in [2.24, 2.45) is 0 Å². The van der Waals surface area contributed by atoms with E-state index >= 15 is 0 Å². The number of piperidine rings is 1. The maximum atomic E-state index is 13.3. The highest BCUT2D eigenvalue weighted by Crippen LogP contribution is 2.21. The lowest BCUT2D eigenvalue weighted by molar-refractivity contribution is -0.133. The van der Waals surface area contributed by atoms with Crippen LogP contribution >= 0.6 is 0 Å². The Kier molecular flexibility index (Phi) is 6.52. The van der Waals surface area contributed by atoms with Crippen LogP contribution in [0.3, 0.4) is 0 Å². The number of halogens is 1. The first-order valence-electron chi connectivity index (χ1n) is 9.34. The van der Waals surface area contributed by atoms with Crippen molar-refractivity contribution in [1.82, 2.24) is 15.2 Å². The molecule has 1 saturated heterocycles. The minimum absolute atomic E-state index is 0.0151. The fourth-order valence-electron chi connectivity index (χ4n) is 3.33. The van der Waals surface area contributed by atoms with Gasteiger partial charge in [0.1, 0.15) is 5.82 Å². The van der Waals surface area contributed by atoms with Gasteiger partial charge in [0.15, 0.2) is 0 Å². The smallest absolute Gasteiger partial charge is 0.241 e. The van der Waals surface area contributed by atoms with E-state index < -0.39 is 5.92 Å². The summed E-state index contributed by atoms with van der Waals surface area (Å²) in [5.74, 6) is -1.19. The molecule has 142 valence electrons. The Bertz CT molecular complexity index is 759. The highest BCUT2D eigenvalue weighted by atomic mass is 19.1. The first-order valence-corrected chi connectivity index (χ1v) is 9.34. The van der Waals surface area contributed by atoms with Gasteiger partial charge in [0, 0.05) is 31.4 Å². The lowest BCUT2D eigenvalue weighted by Gasteiger charge is -2.27. The van der Waals surface area contributed by atoms with E-state index in [0.717, 1.165) is 38.0 Å². The van der Waals surface area contributed by atoms with E-state index in [1.165, 1.54) is 12.1 Å². The number of aromatic nitrogens is 1. The number of rotatable bonds is 6. The van der Waals surface area contributed by atoms with E-state index in [4.69, 9.17) is 0 Å². The molecule has 2 aromatic rings. The summed E-state index contributed by atoms with van der Waals surface area (Å²) in [5, 5.41) is 2.76. The van der Waals surface area contributed by atoms with Gasteiger partial charge in [-0.25, -0.2) is 4.39 Å². The minimum Gasteiger partial charge on any atom is -0.346 e. The molecule has 5 nitrogen and oxygen atoms in total. The van der Waals surface area contributed by atoms with Gasteiger partial charge in [-0.1, -0.05) is 18.2 Å². The molecule has 1 unspecified atom stereocenters. The quantitative estimate of drug-likeness (QED) is 0.852. The van der Waals surface area contributed by atoms with Gasteiger partial charge in [-0.05, 0) is 49.1 Å². The second-order valence-corrected chi connectivity index (χ2v) is 6.79. The minimum atomic E-state index is -0.533. The Balaban J connectivity index is 1.68. The molecule has 0 saturated carbocycles. The third kappa shape index (κ3) is 5.36. The van der Waals surface area contributed by atoms with Gasteiger partial charge in [-0.3, -0.25) is 14.6 Å². The average Bonchev–Trinajstić information content (AvgIpc) is 2.72. The number of hydrogen-bond donors (Lipinski definition) is 1. The second kappa shape index (κ2) is 9.26. The zero-order valence-corrected chi connectivity index (χ0v) is 15.2. The van der Waals surface area contributed by atoms with Crippen LogP contribution in [0.1, 0.15) is 36.4 Å². The molecule has 1 N–H and O–H groups in total. The Morgan fingerprint density at radius 3 is 2.48 bits per heavy atom. The number of amides is 2. The molecule has 1 fully saturated rings. The number of carbonyl (C=O) groups is 2. The number of nitrogens with one attached hydrogen (secondary N) is 1. The van der Waals surface area contributed by atoms with Crippen LogP contribution in [-0.2, 0) is 16.0 Å². The zero-order valence-electron chi connectivity index (χ0n) is 15.2. The summed E-state index contributed by atoms with van der Waals surface area (Å²) in [5.41, 5.74) is 1.47. The van der Waals surface area contributed by atoms with Gasteiger partial charge in [0.2, 0.25) is 11.8 Å². The van der Waals surface area contributed by atoms with E-state index in [0.29, 0.717) is 12.0 Å². The molecule has 2 amide bonds. The van der Waals surface area contributed by atoms with Crippen molar-refractivity contribution in [3.63, 3.8) is 0 Å². The lowest BCUT2D eigenvalue weighted by atomic mass is 9.93. The summed E-state index contributed by atoms with van der Waals surface area (Å²) in [4.78, 5) is 31.2. The predicted molar refractivity (Wildman–Crippen MR) is 101 cm³/mol. The fourth-order valence-corrected chi connectivity index (χ4v) is 3.33. The Morgan fingerprint density at radius 1 is 1.07 bits per heavy atom. The second-order valence-electron chi connectivity index (χ2n) is 6.79. The van der Waals surface area contributed by atoms with Crippen LogP contribution in [0.15, 0.2) is 48.7 Å². The number of nitrogens with zero attached hydrogens (tertiary/aromatic N) is 2. The van der Waals surface area contributed by atoms with Crippen LogP contribution in [-0.4, -0.2) is 41.3 Å². The summed E-state index contributed by atoms with van der Waals surface area (Å²) in [6.07, 6.45) is 5.23. The standard InChI is InChI=1S/C21H24FN3O2/c22-17-9-7-16(8-10-17)19(14-18-6-2-3-11-23-18)21(27)24-15-20(26)25-12-4-1-5-13-25/h2-3,6-11,19H,1,4-5,12-15H2,(H,24,27). The first kappa shape index (κ1) is 19.0. The van der Waals surface area contributed by atoms with Gasteiger partial charge in [0.25, 0.3) is 0 Å². The number of benzene rings is 1. The first-order chi connectivity index (χ1) is 13.1. The molecule has 0 spiro atoms. The molecular weight excluding hydrogens is 345 g/mol. The van der Waals surface area contributed by atoms with Crippen LogP contribution < -0.4 is 5.32 Å². The van der Waals surface area contributed by atoms with Crippen molar-refractivity contribution in [2.45, 2.75) is 31.6 Å². The van der Waals surface area contributed by atoms with Gasteiger partial charge in [-0.2, -0.15) is 0 Å². The molecule has 6 heteroatoms. The van der Waals surface area contributed by atoms with Crippen LogP contribution in [0.25, 0.3) is 0 Å². The molecule has 27 heavy (non-hydrogen) atoms. The van der Waals surface area contributed by atoms with Crippen molar-refractivity contribution in [2.75, 3.05) is 19.6 Å².